The Morgan fingerprint density at radius 2 is 1.84 bits per heavy atom. The van der Waals surface area contributed by atoms with Gasteiger partial charge in [0.2, 0.25) is 0 Å². The number of carbonyl (C=O) groups is 1. The summed E-state index contributed by atoms with van der Waals surface area (Å²) in [6, 6.07) is 17.1. The van der Waals surface area contributed by atoms with Gasteiger partial charge in [0.1, 0.15) is 11.3 Å². The van der Waals surface area contributed by atoms with E-state index in [1.54, 1.807) is 31.6 Å². The van der Waals surface area contributed by atoms with Crippen LogP contribution in [0.4, 0.5) is 5.69 Å². The van der Waals surface area contributed by atoms with Crippen molar-refractivity contribution in [2.24, 2.45) is 0 Å². The van der Waals surface area contributed by atoms with Crippen LogP contribution in [0.25, 0.3) is 22.0 Å². The summed E-state index contributed by atoms with van der Waals surface area (Å²) in [5, 5.41) is 4.77. The molecule has 6 heteroatoms. The highest BCUT2D eigenvalue weighted by Gasteiger charge is 2.35. The van der Waals surface area contributed by atoms with E-state index in [9.17, 15) is 4.79 Å². The Morgan fingerprint density at radius 3 is 2.56 bits per heavy atom. The van der Waals surface area contributed by atoms with Gasteiger partial charge in [-0.15, -0.1) is 0 Å². The minimum Gasteiger partial charge on any atom is -0.493 e. The normalized spacial score (nSPS) is 14.0. The third-order valence-electron chi connectivity index (χ3n) is 5.56. The van der Waals surface area contributed by atoms with Crippen LogP contribution < -0.4 is 14.8 Å². The number of rotatable bonds is 4. The lowest BCUT2D eigenvalue weighted by molar-refractivity contribution is 0.102. The number of methoxy groups -OCH3 is 1. The minimum atomic E-state index is -0.352. The van der Waals surface area contributed by atoms with Gasteiger partial charge >= 0.3 is 0 Å². The van der Waals surface area contributed by atoms with Gasteiger partial charge in [-0.2, -0.15) is 0 Å². The number of ether oxygens (including phenoxy) is 2. The van der Waals surface area contributed by atoms with Crippen molar-refractivity contribution >= 4 is 22.4 Å². The van der Waals surface area contributed by atoms with Crippen molar-refractivity contribution in [3.8, 4) is 22.8 Å². The van der Waals surface area contributed by atoms with Crippen molar-refractivity contribution in [2.75, 3.05) is 12.4 Å². The molecule has 1 aliphatic rings. The molecule has 0 radical (unpaired) electrons. The van der Waals surface area contributed by atoms with E-state index < -0.39 is 0 Å². The summed E-state index contributed by atoms with van der Waals surface area (Å²) < 4.78 is 11.9. The molecule has 4 aromatic rings. The van der Waals surface area contributed by atoms with Gasteiger partial charge in [-0.25, -0.2) is 4.98 Å². The van der Waals surface area contributed by atoms with Gasteiger partial charge in [0.05, 0.1) is 12.8 Å². The van der Waals surface area contributed by atoms with Crippen LogP contribution >= 0.6 is 0 Å². The Bertz CT molecular complexity index is 1320. The largest absolute Gasteiger partial charge is 0.493 e. The molecular formula is C26H23N3O3. The average molecular weight is 425 g/mol. The van der Waals surface area contributed by atoms with Crippen LogP contribution in [-0.2, 0) is 6.42 Å². The second kappa shape index (κ2) is 7.64. The first-order valence-corrected chi connectivity index (χ1v) is 10.5. The molecule has 2 aromatic heterocycles. The fourth-order valence-corrected chi connectivity index (χ4v) is 4.19. The van der Waals surface area contributed by atoms with E-state index >= 15 is 0 Å². The number of fused-ring (bicyclic) bond motifs is 3. The van der Waals surface area contributed by atoms with Gasteiger partial charge in [-0.05, 0) is 43.5 Å². The van der Waals surface area contributed by atoms with Crippen LogP contribution in [0, 0.1) is 0 Å². The molecule has 2 aromatic carbocycles. The summed E-state index contributed by atoms with van der Waals surface area (Å²) >= 11 is 0. The van der Waals surface area contributed by atoms with E-state index in [2.05, 4.69) is 24.1 Å². The van der Waals surface area contributed by atoms with E-state index in [-0.39, 0.29) is 11.5 Å². The van der Waals surface area contributed by atoms with Gasteiger partial charge in [-0.1, -0.05) is 30.3 Å². The zero-order valence-corrected chi connectivity index (χ0v) is 18.2. The van der Waals surface area contributed by atoms with Crippen molar-refractivity contribution in [3.63, 3.8) is 0 Å². The molecule has 1 aliphatic heterocycles. The molecule has 3 heterocycles. The minimum absolute atomic E-state index is 0.286. The van der Waals surface area contributed by atoms with E-state index in [0.717, 1.165) is 39.8 Å². The first-order chi connectivity index (χ1) is 15.4. The molecule has 0 atom stereocenters. The van der Waals surface area contributed by atoms with E-state index in [0.29, 0.717) is 17.1 Å². The van der Waals surface area contributed by atoms with Crippen LogP contribution in [-0.4, -0.2) is 28.6 Å². The van der Waals surface area contributed by atoms with Crippen LogP contribution in [0.2, 0.25) is 0 Å². The number of hydrogen-bond donors (Lipinski definition) is 1. The lowest BCUT2D eigenvalue weighted by Gasteiger charge is -2.17. The molecule has 5 rings (SSSR count). The Kier molecular flexibility index (Phi) is 4.78. The summed E-state index contributed by atoms with van der Waals surface area (Å²) in [4.78, 5) is 21.9. The van der Waals surface area contributed by atoms with Gasteiger partial charge in [0.15, 0.2) is 11.5 Å². The third kappa shape index (κ3) is 3.54. The number of hydrogen-bond acceptors (Lipinski definition) is 5. The van der Waals surface area contributed by atoms with Gasteiger partial charge < -0.3 is 14.8 Å². The van der Waals surface area contributed by atoms with E-state index in [4.69, 9.17) is 14.5 Å². The topological polar surface area (TPSA) is 73.3 Å². The Hall–Kier alpha value is -3.93. The maximum absolute atomic E-state index is 13.1. The number of nitrogens with zero attached hydrogens (tertiary/aromatic N) is 2. The molecular weight excluding hydrogens is 402 g/mol. The monoisotopic (exact) mass is 425 g/mol. The highest BCUT2D eigenvalue weighted by Crippen LogP contribution is 2.48. The van der Waals surface area contributed by atoms with Crippen molar-refractivity contribution in [2.45, 2.75) is 25.9 Å². The Morgan fingerprint density at radius 1 is 1.09 bits per heavy atom. The first-order valence-electron chi connectivity index (χ1n) is 10.5. The first kappa shape index (κ1) is 20.0. The number of pyridine rings is 2. The summed E-state index contributed by atoms with van der Waals surface area (Å²) in [5.74, 6) is 1.12. The molecule has 0 unspecified atom stereocenters. The van der Waals surface area contributed by atoms with Gasteiger partial charge in [0, 0.05) is 41.0 Å². The van der Waals surface area contributed by atoms with Crippen molar-refractivity contribution in [1.29, 1.82) is 0 Å². The quantitative estimate of drug-likeness (QED) is 0.482. The van der Waals surface area contributed by atoms with E-state index in [1.165, 1.54) is 0 Å². The Balaban J connectivity index is 1.74. The van der Waals surface area contributed by atoms with Crippen molar-refractivity contribution in [1.82, 2.24) is 9.97 Å². The van der Waals surface area contributed by atoms with Crippen LogP contribution in [0.1, 0.15) is 29.9 Å². The lowest BCUT2D eigenvalue weighted by atomic mass is 9.93. The molecule has 160 valence electrons. The fourth-order valence-electron chi connectivity index (χ4n) is 4.19. The summed E-state index contributed by atoms with van der Waals surface area (Å²) in [7, 11) is 1.63. The Labute approximate surface area is 186 Å². The second-order valence-corrected chi connectivity index (χ2v) is 8.44. The predicted octanol–water partition coefficient (Wildman–Crippen LogP) is 5.27. The fraction of sp³-hybridized carbons (Fsp3) is 0.192. The highest BCUT2D eigenvalue weighted by molar-refractivity contribution is 6.08. The number of carbonyl (C=O) groups excluding carboxylic acids is 1. The van der Waals surface area contributed by atoms with Crippen LogP contribution in [0.5, 0.6) is 11.5 Å². The predicted molar refractivity (Wildman–Crippen MR) is 124 cm³/mol. The summed E-state index contributed by atoms with van der Waals surface area (Å²) in [5.41, 5.74) is 3.38. The zero-order valence-electron chi connectivity index (χ0n) is 18.2. The molecule has 1 N–H and O–H groups in total. The van der Waals surface area contributed by atoms with Gasteiger partial charge in [-0.3, -0.25) is 9.78 Å². The molecule has 0 aliphatic carbocycles. The lowest BCUT2D eigenvalue weighted by Crippen LogP contribution is -2.24. The average Bonchev–Trinajstić information content (AvgIpc) is 3.14. The standard InChI is InChI=1S/C26H23N3O3/c1-26(2)15-19-22-17(14-21(31-3)24(19)32-26)13-20(25(30)28-18-9-11-27-12-10-18)29-23(22)16-7-5-4-6-8-16/h4-14H,15H2,1-3H3,(H,27,28,30). The molecule has 0 spiro atoms. The maximum atomic E-state index is 13.1. The number of nitrogens with one attached hydrogen (secondary N) is 1. The highest BCUT2D eigenvalue weighted by atomic mass is 16.5. The molecule has 0 saturated carbocycles. The zero-order chi connectivity index (χ0) is 22.3. The molecule has 32 heavy (non-hydrogen) atoms. The molecule has 0 bridgehead atoms. The summed E-state index contributed by atoms with van der Waals surface area (Å²) in [6.45, 7) is 4.12. The third-order valence-corrected chi connectivity index (χ3v) is 5.56. The molecule has 1 amide bonds. The molecule has 6 nitrogen and oxygen atoms in total. The molecule has 0 saturated heterocycles. The van der Waals surface area contributed by atoms with Crippen molar-refractivity contribution < 1.29 is 14.3 Å². The SMILES string of the molecule is COc1cc2cc(C(=O)Nc3ccncc3)nc(-c3ccccc3)c2c2c1OC(C)(C)C2. The van der Waals surface area contributed by atoms with Crippen molar-refractivity contribution in [3.05, 3.63) is 78.2 Å². The number of aromatic nitrogens is 2. The smallest absolute Gasteiger partial charge is 0.274 e. The summed E-state index contributed by atoms with van der Waals surface area (Å²) in [6.07, 6.45) is 3.99. The number of anilines is 1. The van der Waals surface area contributed by atoms with E-state index in [1.807, 2.05) is 42.5 Å². The number of amides is 1. The van der Waals surface area contributed by atoms with Gasteiger partial charge in [0.25, 0.3) is 5.91 Å². The second-order valence-electron chi connectivity index (χ2n) is 8.44. The van der Waals surface area contributed by atoms with Crippen LogP contribution in [0.3, 0.4) is 0 Å². The number of benzene rings is 2. The molecule has 0 fully saturated rings. The van der Waals surface area contributed by atoms with Crippen LogP contribution in [0.15, 0.2) is 67.0 Å². The maximum Gasteiger partial charge on any atom is 0.274 e.